The molecule has 2 aliphatic carbocycles. The molecule has 0 aromatic heterocycles. The molecule has 1 fully saturated rings. The highest BCUT2D eigenvalue weighted by atomic mass is 19.4. The van der Waals surface area contributed by atoms with Crippen molar-refractivity contribution in [1.29, 1.82) is 0 Å². The molecule has 1 saturated carbocycles. The molecule has 2 rings (SSSR count). The van der Waals surface area contributed by atoms with Crippen molar-refractivity contribution in [1.82, 2.24) is 0 Å². The van der Waals surface area contributed by atoms with E-state index in [1.807, 2.05) is 0 Å². The normalized spacial score (nSPS) is 29.8. The monoisotopic (exact) mass is 378 g/mol. The van der Waals surface area contributed by atoms with Gasteiger partial charge in [0, 0.05) is 5.92 Å². The van der Waals surface area contributed by atoms with Crippen molar-refractivity contribution >= 4 is 6.16 Å². The van der Waals surface area contributed by atoms with Crippen molar-refractivity contribution in [3.8, 4) is 0 Å². The van der Waals surface area contributed by atoms with Crippen molar-refractivity contribution in [2.24, 2.45) is 11.8 Å². The van der Waals surface area contributed by atoms with E-state index >= 15 is 4.39 Å². The van der Waals surface area contributed by atoms with E-state index in [2.05, 4.69) is 9.47 Å². The largest absolute Gasteiger partial charge is 0.510 e. The van der Waals surface area contributed by atoms with Crippen LogP contribution in [0.4, 0.5) is 35.5 Å². The molecule has 0 aliphatic heterocycles. The molecule has 0 spiro atoms. The molecule has 3 atom stereocenters. The summed E-state index contributed by atoms with van der Waals surface area (Å²) >= 11 is 0. The molecule has 0 aromatic rings. The van der Waals surface area contributed by atoms with E-state index in [9.17, 15) is 31.1 Å². The van der Waals surface area contributed by atoms with Gasteiger partial charge in [0.15, 0.2) is 5.67 Å². The zero-order valence-electron chi connectivity index (χ0n) is 13.6. The lowest BCUT2D eigenvalue weighted by atomic mass is 9.74. The number of fused-ring (bicyclic) bond motifs is 2. The molecule has 0 saturated heterocycles. The average Bonchev–Trinajstić information content (AvgIpc) is 2.90. The molecule has 0 heterocycles. The molecule has 0 N–H and O–H groups in total. The summed E-state index contributed by atoms with van der Waals surface area (Å²) in [6, 6.07) is 0. The number of hydrogen-bond acceptors (Lipinski definition) is 3. The predicted molar refractivity (Wildman–Crippen MR) is 71.4 cm³/mol. The molecule has 3 unspecified atom stereocenters. The van der Waals surface area contributed by atoms with E-state index in [0.29, 0.717) is 0 Å². The lowest BCUT2D eigenvalue weighted by Gasteiger charge is -2.46. The number of rotatable bonds is 2. The molecular weight excluding hydrogens is 361 g/mol. The van der Waals surface area contributed by atoms with Crippen LogP contribution in [0.5, 0.6) is 0 Å². The zero-order valence-corrected chi connectivity index (χ0v) is 13.6. The van der Waals surface area contributed by atoms with E-state index in [1.54, 1.807) is 0 Å². The Kier molecular flexibility index (Phi) is 4.37. The van der Waals surface area contributed by atoms with Gasteiger partial charge in [-0.15, -0.1) is 0 Å². The first-order chi connectivity index (χ1) is 11.0. The van der Waals surface area contributed by atoms with Crippen LogP contribution in [-0.2, 0) is 9.47 Å². The van der Waals surface area contributed by atoms with Gasteiger partial charge in [-0.2, -0.15) is 26.3 Å². The maximum Gasteiger partial charge on any atom is 0.510 e. The summed E-state index contributed by atoms with van der Waals surface area (Å²) in [4.78, 5) is 11.6. The third kappa shape index (κ3) is 3.08. The first kappa shape index (κ1) is 19.8. The molecule has 0 radical (unpaired) electrons. The number of carbonyl (C=O) groups is 1. The molecular formula is C15H17F7O3. The first-order valence-corrected chi connectivity index (χ1v) is 7.46. The minimum absolute atomic E-state index is 0.206. The van der Waals surface area contributed by atoms with Gasteiger partial charge in [-0.3, -0.25) is 0 Å². The summed E-state index contributed by atoms with van der Waals surface area (Å²) in [7, 11) is 0. The Morgan fingerprint density at radius 1 is 1.00 bits per heavy atom. The number of ether oxygens (including phenoxy) is 2. The summed E-state index contributed by atoms with van der Waals surface area (Å²) in [6.45, 7) is 3.67. The quantitative estimate of drug-likeness (QED) is 0.381. The summed E-state index contributed by atoms with van der Waals surface area (Å²) < 4.78 is 105. The Balaban J connectivity index is 2.55. The Labute approximate surface area is 139 Å². The Hall–Kier alpha value is -1.48. The highest BCUT2D eigenvalue weighted by Crippen LogP contribution is 2.63. The van der Waals surface area contributed by atoms with Crippen LogP contribution in [0.15, 0.2) is 12.2 Å². The third-order valence-corrected chi connectivity index (χ3v) is 4.33. The van der Waals surface area contributed by atoms with Gasteiger partial charge in [-0.25, -0.2) is 9.18 Å². The number of halogens is 7. The van der Waals surface area contributed by atoms with Gasteiger partial charge in [-0.05, 0) is 39.5 Å². The SMILES string of the molecule is CC(C)(C)OC(=O)OC(C(F)(F)F)(C(F)(F)F)C1(F)CC2C=CC1C2. The van der Waals surface area contributed by atoms with Crippen molar-refractivity contribution < 1.29 is 45.0 Å². The van der Waals surface area contributed by atoms with Crippen molar-refractivity contribution in [2.75, 3.05) is 0 Å². The van der Waals surface area contributed by atoms with E-state index in [-0.39, 0.29) is 6.42 Å². The van der Waals surface area contributed by atoms with Crippen molar-refractivity contribution in [2.45, 2.75) is 62.8 Å². The standard InChI is InChI=1S/C15H17F7O3/c1-11(2,3)24-10(23)25-13(14(17,18)19,15(20,21)22)12(16)7-8-4-5-9(12)6-8/h4-5,8-9H,6-7H2,1-3H3. The van der Waals surface area contributed by atoms with Gasteiger partial charge in [0.2, 0.25) is 0 Å². The Morgan fingerprint density at radius 3 is 1.84 bits per heavy atom. The summed E-state index contributed by atoms with van der Waals surface area (Å²) in [5.41, 5.74) is -10.6. The van der Waals surface area contributed by atoms with Gasteiger partial charge in [0.25, 0.3) is 0 Å². The fourth-order valence-electron chi connectivity index (χ4n) is 3.43. The van der Waals surface area contributed by atoms with E-state index in [4.69, 9.17) is 0 Å². The third-order valence-electron chi connectivity index (χ3n) is 4.33. The summed E-state index contributed by atoms with van der Waals surface area (Å²) in [6.07, 6.45) is -13.6. The van der Waals surface area contributed by atoms with Crippen molar-refractivity contribution in [3.05, 3.63) is 12.2 Å². The van der Waals surface area contributed by atoms with Gasteiger partial charge in [-0.1, -0.05) is 12.2 Å². The van der Waals surface area contributed by atoms with Crippen LogP contribution in [0, 0.1) is 11.8 Å². The van der Waals surface area contributed by atoms with Crippen LogP contribution in [0.25, 0.3) is 0 Å². The zero-order chi connectivity index (χ0) is 19.5. The number of alkyl halides is 7. The molecule has 0 amide bonds. The topological polar surface area (TPSA) is 35.5 Å². The number of hydrogen-bond donors (Lipinski definition) is 0. The molecule has 3 nitrogen and oxygen atoms in total. The van der Waals surface area contributed by atoms with Gasteiger partial charge in [0.05, 0.1) is 0 Å². The van der Waals surface area contributed by atoms with E-state index in [1.165, 1.54) is 26.8 Å². The molecule has 144 valence electrons. The minimum Gasteiger partial charge on any atom is -0.429 e. The Morgan fingerprint density at radius 2 is 1.52 bits per heavy atom. The maximum absolute atomic E-state index is 15.3. The van der Waals surface area contributed by atoms with Crippen molar-refractivity contribution in [3.63, 3.8) is 0 Å². The maximum atomic E-state index is 15.3. The molecule has 25 heavy (non-hydrogen) atoms. The highest BCUT2D eigenvalue weighted by Gasteiger charge is 2.86. The predicted octanol–water partition coefficient (Wildman–Crippen LogP) is 5.11. The van der Waals surface area contributed by atoms with Crippen LogP contribution in [0.2, 0.25) is 0 Å². The fourth-order valence-corrected chi connectivity index (χ4v) is 3.43. The Bertz CT molecular complexity index is 559. The van der Waals surface area contributed by atoms with E-state index < -0.39 is 53.6 Å². The van der Waals surface area contributed by atoms with Gasteiger partial charge < -0.3 is 9.47 Å². The smallest absolute Gasteiger partial charge is 0.429 e. The average molecular weight is 378 g/mol. The number of allylic oxidation sites excluding steroid dienone is 2. The second-order valence-electron chi connectivity index (χ2n) is 7.30. The molecule has 2 aliphatic rings. The van der Waals surface area contributed by atoms with Crippen LogP contribution < -0.4 is 0 Å². The van der Waals surface area contributed by atoms with Gasteiger partial charge in [0.1, 0.15) is 5.60 Å². The lowest BCUT2D eigenvalue weighted by Crippen LogP contribution is -2.72. The summed E-state index contributed by atoms with van der Waals surface area (Å²) in [5, 5.41) is 0. The molecule has 2 bridgehead atoms. The van der Waals surface area contributed by atoms with Crippen LogP contribution in [-0.4, -0.2) is 35.4 Å². The van der Waals surface area contributed by atoms with Crippen LogP contribution in [0.1, 0.15) is 33.6 Å². The van der Waals surface area contributed by atoms with Crippen LogP contribution in [0.3, 0.4) is 0 Å². The second-order valence-corrected chi connectivity index (χ2v) is 7.30. The lowest BCUT2D eigenvalue weighted by molar-refractivity contribution is -0.406. The second kappa shape index (κ2) is 5.51. The molecule has 0 aromatic carbocycles. The number of carbonyl (C=O) groups excluding carboxylic acids is 1. The minimum atomic E-state index is -6.23. The fraction of sp³-hybridized carbons (Fsp3) is 0.800. The van der Waals surface area contributed by atoms with Gasteiger partial charge >= 0.3 is 24.1 Å². The molecule has 10 heteroatoms. The summed E-state index contributed by atoms with van der Waals surface area (Å²) in [5.74, 6) is -2.44. The van der Waals surface area contributed by atoms with Crippen LogP contribution >= 0.6 is 0 Å². The highest BCUT2D eigenvalue weighted by molar-refractivity contribution is 5.62. The first-order valence-electron chi connectivity index (χ1n) is 7.46. The van der Waals surface area contributed by atoms with E-state index in [0.717, 1.165) is 6.08 Å².